The molecule has 0 radical (unpaired) electrons. The molecule has 1 heterocycles. The van der Waals surface area contributed by atoms with Crippen LogP contribution in [0.15, 0.2) is 24.4 Å². The Kier molecular flexibility index (Phi) is 2.77. The lowest BCUT2D eigenvalue weighted by molar-refractivity contribution is 0.441. The highest BCUT2D eigenvalue weighted by Crippen LogP contribution is 2.40. The molecule has 0 aliphatic heterocycles. The lowest BCUT2D eigenvalue weighted by Crippen LogP contribution is -2.07. The monoisotopic (exact) mass is 263 g/mol. The van der Waals surface area contributed by atoms with Crippen molar-refractivity contribution in [1.29, 1.82) is 0 Å². The number of halogens is 2. The summed E-state index contributed by atoms with van der Waals surface area (Å²) in [7, 11) is 0. The second kappa shape index (κ2) is 4.33. The molecule has 5 heteroatoms. The van der Waals surface area contributed by atoms with Crippen molar-refractivity contribution in [3.05, 3.63) is 36.0 Å². The van der Waals surface area contributed by atoms with Gasteiger partial charge in [0.2, 0.25) is 0 Å². The van der Waals surface area contributed by atoms with Crippen LogP contribution in [0.25, 0.3) is 11.3 Å². The molecule has 3 nitrogen and oxygen atoms in total. The third-order valence-electron chi connectivity index (χ3n) is 3.67. The molecule has 3 rings (SSSR count). The first-order chi connectivity index (χ1) is 9.06. The van der Waals surface area contributed by atoms with Gasteiger partial charge in [-0.05, 0) is 43.9 Å². The van der Waals surface area contributed by atoms with Crippen LogP contribution in [0, 0.1) is 17.6 Å². The van der Waals surface area contributed by atoms with Crippen LogP contribution < -0.4 is 5.73 Å². The van der Waals surface area contributed by atoms with E-state index < -0.39 is 11.6 Å². The topological polar surface area (TPSA) is 43.8 Å². The molecular weight excluding hydrogens is 248 g/mol. The van der Waals surface area contributed by atoms with E-state index >= 15 is 0 Å². The zero-order valence-electron chi connectivity index (χ0n) is 10.6. The number of nitrogen functional groups attached to an aromatic ring is 1. The van der Waals surface area contributed by atoms with Crippen LogP contribution in [0.2, 0.25) is 0 Å². The maximum Gasteiger partial charge on any atom is 0.159 e. The Morgan fingerprint density at radius 2 is 2.05 bits per heavy atom. The van der Waals surface area contributed by atoms with Crippen LogP contribution in [0.3, 0.4) is 0 Å². The Labute approximate surface area is 110 Å². The predicted octanol–water partition coefficient (Wildman–Crippen LogP) is 3.38. The van der Waals surface area contributed by atoms with Crippen molar-refractivity contribution in [1.82, 2.24) is 9.78 Å². The summed E-state index contributed by atoms with van der Waals surface area (Å²) in [5.74, 6) is -1.10. The molecule has 2 N–H and O–H groups in total. The van der Waals surface area contributed by atoms with Gasteiger partial charge >= 0.3 is 0 Å². The van der Waals surface area contributed by atoms with Crippen molar-refractivity contribution in [3.63, 3.8) is 0 Å². The quantitative estimate of drug-likeness (QED) is 0.922. The zero-order chi connectivity index (χ0) is 13.6. The molecule has 0 spiro atoms. The van der Waals surface area contributed by atoms with E-state index in [0.29, 0.717) is 28.9 Å². The molecule has 0 bridgehead atoms. The molecule has 1 atom stereocenters. The maximum absolute atomic E-state index is 13.2. The van der Waals surface area contributed by atoms with Gasteiger partial charge in [0, 0.05) is 11.8 Å². The summed E-state index contributed by atoms with van der Waals surface area (Å²) in [4.78, 5) is 0. The summed E-state index contributed by atoms with van der Waals surface area (Å²) in [6, 6.07) is 4.00. The molecule has 1 unspecified atom stereocenters. The summed E-state index contributed by atoms with van der Waals surface area (Å²) in [6.07, 6.45) is 4.18. The van der Waals surface area contributed by atoms with E-state index in [9.17, 15) is 8.78 Å². The summed E-state index contributed by atoms with van der Waals surface area (Å²) in [6.45, 7) is 2.10. The summed E-state index contributed by atoms with van der Waals surface area (Å²) in [5, 5.41) is 4.41. The molecule has 1 aromatic carbocycles. The van der Waals surface area contributed by atoms with Gasteiger partial charge in [-0.25, -0.2) is 8.78 Å². The summed E-state index contributed by atoms with van der Waals surface area (Å²) in [5.41, 5.74) is 7.41. The molecule has 2 aromatic rings. The Morgan fingerprint density at radius 3 is 2.68 bits per heavy atom. The Bertz CT molecular complexity index is 617. The van der Waals surface area contributed by atoms with E-state index in [2.05, 4.69) is 12.0 Å². The van der Waals surface area contributed by atoms with Gasteiger partial charge < -0.3 is 5.73 Å². The third kappa shape index (κ3) is 2.20. The van der Waals surface area contributed by atoms with E-state index in [1.807, 2.05) is 4.68 Å². The highest BCUT2D eigenvalue weighted by molar-refractivity contribution is 5.71. The number of hydrogen-bond acceptors (Lipinski definition) is 2. The second-order valence-electron chi connectivity index (χ2n) is 5.12. The van der Waals surface area contributed by atoms with E-state index in [1.165, 1.54) is 18.9 Å². The highest BCUT2D eigenvalue weighted by Gasteiger charge is 2.30. The van der Waals surface area contributed by atoms with Crippen molar-refractivity contribution in [2.45, 2.75) is 25.8 Å². The molecule has 0 saturated heterocycles. The summed E-state index contributed by atoms with van der Waals surface area (Å²) >= 11 is 0. The molecule has 0 amide bonds. The second-order valence-corrected chi connectivity index (χ2v) is 5.12. The molecular formula is C14H15F2N3. The van der Waals surface area contributed by atoms with Gasteiger partial charge in [-0.3, -0.25) is 4.68 Å². The van der Waals surface area contributed by atoms with Crippen LogP contribution in [0.4, 0.5) is 14.5 Å². The number of rotatable bonds is 3. The van der Waals surface area contributed by atoms with E-state index in [0.717, 1.165) is 12.1 Å². The van der Waals surface area contributed by atoms with Crippen molar-refractivity contribution >= 4 is 5.69 Å². The fraction of sp³-hybridized carbons (Fsp3) is 0.357. The van der Waals surface area contributed by atoms with Gasteiger partial charge in [0.25, 0.3) is 0 Å². The van der Waals surface area contributed by atoms with Crippen LogP contribution in [0.1, 0.15) is 25.8 Å². The number of benzene rings is 1. The van der Waals surface area contributed by atoms with Gasteiger partial charge in [0.1, 0.15) is 5.69 Å². The smallest absolute Gasteiger partial charge is 0.159 e. The van der Waals surface area contributed by atoms with E-state index in [4.69, 9.17) is 5.73 Å². The zero-order valence-corrected chi connectivity index (χ0v) is 10.6. The standard InChI is InChI=1S/C14H15F2N3/c1-8(9-2-3-9)19-7-13(17)14(18-19)10-4-5-11(15)12(16)6-10/h4-9H,2-3,17H2,1H3. The Hall–Kier alpha value is -1.91. The fourth-order valence-electron chi connectivity index (χ4n) is 2.28. The van der Waals surface area contributed by atoms with Gasteiger partial charge in [0.15, 0.2) is 11.6 Å². The van der Waals surface area contributed by atoms with Gasteiger partial charge in [-0.2, -0.15) is 5.10 Å². The van der Waals surface area contributed by atoms with Crippen LogP contribution >= 0.6 is 0 Å². The number of anilines is 1. The average molecular weight is 263 g/mol. The van der Waals surface area contributed by atoms with Crippen LogP contribution in [-0.4, -0.2) is 9.78 Å². The van der Waals surface area contributed by atoms with Crippen molar-refractivity contribution < 1.29 is 8.78 Å². The normalized spacial score (nSPS) is 16.6. The molecule has 1 aliphatic carbocycles. The predicted molar refractivity (Wildman–Crippen MR) is 69.4 cm³/mol. The molecule has 1 fully saturated rings. The van der Waals surface area contributed by atoms with Crippen molar-refractivity contribution in [3.8, 4) is 11.3 Å². The maximum atomic E-state index is 13.2. The summed E-state index contributed by atoms with van der Waals surface area (Å²) < 4.78 is 28.0. The van der Waals surface area contributed by atoms with Crippen LogP contribution in [-0.2, 0) is 0 Å². The molecule has 1 aromatic heterocycles. The lowest BCUT2D eigenvalue weighted by Gasteiger charge is -2.09. The first-order valence-corrected chi connectivity index (χ1v) is 6.36. The minimum absolute atomic E-state index is 0.293. The van der Waals surface area contributed by atoms with Gasteiger partial charge in [-0.15, -0.1) is 0 Å². The molecule has 1 saturated carbocycles. The first-order valence-electron chi connectivity index (χ1n) is 6.36. The van der Waals surface area contributed by atoms with Crippen molar-refractivity contribution in [2.75, 3.05) is 5.73 Å². The Morgan fingerprint density at radius 1 is 1.32 bits per heavy atom. The minimum atomic E-state index is -0.887. The number of hydrogen-bond donors (Lipinski definition) is 1. The SMILES string of the molecule is CC(C1CC1)n1cc(N)c(-c2ccc(F)c(F)c2)n1. The number of nitrogens with zero attached hydrogens (tertiary/aromatic N) is 2. The van der Waals surface area contributed by atoms with Crippen LogP contribution in [0.5, 0.6) is 0 Å². The number of nitrogens with two attached hydrogens (primary N) is 1. The third-order valence-corrected chi connectivity index (χ3v) is 3.67. The first kappa shape index (κ1) is 12.1. The minimum Gasteiger partial charge on any atom is -0.396 e. The molecule has 1 aliphatic rings. The molecule has 19 heavy (non-hydrogen) atoms. The van der Waals surface area contributed by atoms with Crippen molar-refractivity contribution in [2.24, 2.45) is 5.92 Å². The van der Waals surface area contributed by atoms with E-state index in [-0.39, 0.29) is 0 Å². The molecule has 100 valence electrons. The Balaban J connectivity index is 1.97. The lowest BCUT2D eigenvalue weighted by atomic mass is 10.1. The average Bonchev–Trinajstić information content (AvgIpc) is 3.15. The van der Waals surface area contributed by atoms with Gasteiger partial charge in [0.05, 0.1) is 11.7 Å². The van der Waals surface area contributed by atoms with Gasteiger partial charge in [-0.1, -0.05) is 0 Å². The largest absolute Gasteiger partial charge is 0.396 e. The van der Waals surface area contributed by atoms with E-state index in [1.54, 1.807) is 6.20 Å². The number of aromatic nitrogens is 2. The fourth-order valence-corrected chi connectivity index (χ4v) is 2.28. The highest BCUT2D eigenvalue weighted by atomic mass is 19.2.